The third kappa shape index (κ3) is 3.70. The average molecular weight is 363 g/mol. The Morgan fingerprint density at radius 1 is 1.46 bits per heavy atom. The number of likely N-dealkylation sites (tertiary alicyclic amines) is 1. The first-order valence-corrected chi connectivity index (χ1v) is 8.50. The Morgan fingerprint density at radius 3 is 2.62 bits per heavy atom. The molecule has 1 saturated heterocycles. The minimum Gasteiger partial charge on any atom is -0.458 e. The molecule has 0 aromatic carbocycles. The van der Waals surface area contributed by atoms with Crippen LogP contribution in [0.25, 0.3) is 0 Å². The molecule has 1 aromatic heterocycles. The lowest BCUT2D eigenvalue weighted by molar-refractivity contribution is -0.193. The monoisotopic (exact) mass is 363 g/mol. The number of esters is 1. The summed E-state index contributed by atoms with van der Waals surface area (Å²) in [5.74, 6) is -2.01. The fraction of sp³-hybridized carbons (Fsp3) is 0.556. The summed E-state index contributed by atoms with van der Waals surface area (Å²) in [6.07, 6.45) is -0.388. The molecule has 1 aliphatic rings. The normalized spacial score (nSPS) is 20.7. The third-order valence-corrected chi connectivity index (χ3v) is 4.64. The number of rotatable bonds is 8. The van der Waals surface area contributed by atoms with E-state index in [1.54, 1.807) is 17.8 Å². The van der Waals surface area contributed by atoms with Crippen LogP contribution in [0.5, 0.6) is 0 Å². The zero-order valence-electron chi connectivity index (χ0n) is 15.5. The van der Waals surface area contributed by atoms with Crippen LogP contribution >= 0.6 is 0 Å². The number of β-lactam (4-membered cyclic amide) rings is 1. The molecule has 0 saturated carbocycles. The Kier molecular flexibility index (Phi) is 5.97. The van der Waals surface area contributed by atoms with Crippen LogP contribution < -0.4 is 0 Å². The van der Waals surface area contributed by atoms with E-state index in [0.717, 1.165) is 10.6 Å². The molecule has 8 heteroatoms. The Morgan fingerprint density at radius 2 is 2.12 bits per heavy atom. The van der Waals surface area contributed by atoms with E-state index in [1.165, 1.54) is 6.08 Å². The van der Waals surface area contributed by atoms with E-state index in [2.05, 4.69) is 11.7 Å². The maximum Gasteiger partial charge on any atom is 0.356 e. The number of aromatic nitrogens is 2. The van der Waals surface area contributed by atoms with Gasteiger partial charge in [-0.25, -0.2) is 4.79 Å². The van der Waals surface area contributed by atoms with Crippen LogP contribution in [0, 0.1) is 18.8 Å². The van der Waals surface area contributed by atoms with E-state index in [1.807, 2.05) is 20.8 Å². The van der Waals surface area contributed by atoms with Gasteiger partial charge in [-0.2, -0.15) is 5.10 Å². The summed E-state index contributed by atoms with van der Waals surface area (Å²) in [7, 11) is 1.74. The molecular formula is C18H25N3O5. The summed E-state index contributed by atoms with van der Waals surface area (Å²) in [5.41, 5.74) is 1.14. The quantitative estimate of drug-likeness (QED) is 0.318. The zero-order chi connectivity index (χ0) is 19.6. The van der Waals surface area contributed by atoms with Crippen molar-refractivity contribution in [1.29, 1.82) is 0 Å². The highest BCUT2D eigenvalue weighted by Crippen LogP contribution is 2.37. The van der Waals surface area contributed by atoms with Crippen molar-refractivity contribution < 1.29 is 24.2 Å². The van der Waals surface area contributed by atoms with E-state index >= 15 is 0 Å². The molecule has 26 heavy (non-hydrogen) atoms. The molecule has 3 unspecified atom stereocenters. The highest BCUT2D eigenvalue weighted by atomic mass is 16.5. The molecule has 1 amide bonds. The summed E-state index contributed by atoms with van der Waals surface area (Å²) in [6.45, 7) is 8.92. The first-order valence-electron chi connectivity index (χ1n) is 8.50. The van der Waals surface area contributed by atoms with Gasteiger partial charge in [0.25, 0.3) is 0 Å². The van der Waals surface area contributed by atoms with Crippen molar-refractivity contribution in [2.75, 3.05) is 6.61 Å². The van der Waals surface area contributed by atoms with Gasteiger partial charge in [0.05, 0.1) is 12.0 Å². The van der Waals surface area contributed by atoms with Gasteiger partial charge in [0.15, 0.2) is 5.78 Å². The van der Waals surface area contributed by atoms with Crippen molar-refractivity contribution in [1.82, 2.24) is 14.7 Å². The number of Topliss-reactive ketones (excluding diaryl/α,β-unsaturated/α-hetero) is 1. The van der Waals surface area contributed by atoms with Crippen molar-refractivity contribution >= 4 is 17.7 Å². The largest absolute Gasteiger partial charge is 0.458 e. The number of hydrogen-bond acceptors (Lipinski definition) is 6. The van der Waals surface area contributed by atoms with E-state index in [0.29, 0.717) is 5.69 Å². The SMILES string of the molecule is C=CCOC(=O)C(O)N1C(=O)C(C(C)C)C1CC(=O)c1cc(C)n(C)n1. The van der Waals surface area contributed by atoms with Crippen LogP contribution in [0.15, 0.2) is 18.7 Å². The summed E-state index contributed by atoms with van der Waals surface area (Å²) in [4.78, 5) is 37.9. The summed E-state index contributed by atoms with van der Waals surface area (Å²) in [6, 6.07) is 1.09. The molecule has 2 heterocycles. The number of aliphatic hydroxyl groups is 1. The lowest BCUT2D eigenvalue weighted by Gasteiger charge is -2.50. The van der Waals surface area contributed by atoms with E-state index in [4.69, 9.17) is 4.74 Å². The van der Waals surface area contributed by atoms with Crippen molar-refractivity contribution in [3.05, 3.63) is 30.1 Å². The number of ether oxygens (including phenoxy) is 1. The van der Waals surface area contributed by atoms with Gasteiger partial charge >= 0.3 is 5.97 Å². The van der Waals surface area contributed by atoms with Crippen LogP contribution in [0.4, 0.5) is 0 Å². The molecule has 1 fully saturated rings. The predicted molar refractivity (Wildman–Crippen MR) is 93.0 cm³/mol. The molecule has 2 rings (SSSR count). The van der Waals surface area contributed by atoms with E-state index < -0.39 is 24.2 Å². The summed E-state index contributed by atoms with van der Waals surface area (Å²) < 4.78 is 6.40. The molecule has 3 atom stereocenters. The maximum atomic E-state index is 12.6. The highest BCUT2D eigenvalue weighted by Gasteiger charge is 2.53. The maximum absolute atomic E-state index is 12.6. The summed E-state index contributed by atoms with van der Waals surface area (Å²) >= 11 is 0. The molecule has 8 nitrogen and oxygen atoms in total. The van der Waals surface area contributed by atoms with Crippen LogP contribution in [-0.4, -0.2) is 56.3 Å². The van der Waals surface area contributed by atoms with Crippen LogP contribution in [0.1, 0.15) is 36.5 Å². The van der Waals surface area contributed by atoms with Gasteiger partial charge in [0, 0.05) is 19.2 Å². The molecule has 1 aromatic rings. The lowest BCUT2D eigenvalue weighted by atomic mass is 9.76. The standard InChI is InChI=1S/C18H25N3O5/c1-6-7-26-18(25)17(24)21-13(15(10(2)3)16(21)23)9-14(22)12-8-11(4)20(5)19-12/h6,8,10,13,15,17,24H,1,7,9H2,2-5H3. The topological polar surface area (TPSA) is 102 Å². The van der Waals surface area contributed by atoms with Crippen molar-refractivity contribution in [3.8, 4) is 0 Å². The fourth-order valence-corrected chi connectivity index (χ4v) is 3.17. The minimum absolute atomic E-state index is 0.0170. The minimum atomic E-state index is -1.74. The number of aliphatic hydroxyl groups excluding tert-OH is 1. The first kappa shape index (κ1) is 19.8. The summed E-state index contributed by atoms with van der Waals surface area (Å²) in [5, 5.41) is 14.4. The molecule has 1 N–H and O–H groups in total. The van der Waals surface area contributed by atoms with Crippen LogP contribution in [-0.2, 0) is 21.4 Å². The van der Waals surface area contributed by atoms with E-state index in [-0.39, 0.29) is 30.6 Å². The van der Waals surface area contributed by atoms with Crippen molar-refractivity contribution in [2.24, 2.45) is 18.9 Å². The third-order valence-electron chi connectivity index (χ3n) is 4.64. The molecule has 0 bridgehead atoms. The number of carbonyl (C=O) groups is 3. The van der Waals surface area contributed by atoms with Gasteiger partial charge in [-0.1, -0.05) is 26.5 Å². The number of aryl methyl sites for hydroxylation is 2. The molecule has 1 aliphatic heterocycles. The van der Waals surface area contributed by atoms with Gasteiger partial charge in [-0.15, -0.1) is 0 Å². The second-order valence-electron chi connectivity index (χ2n) is 6.80. The molecule has 142 valence electrons. The zero-order valence-corrected chi connectivity index (χ0v) is 15.5. The van der Waals surface area contributed by atoms with Gasteiger partial charge in [0.2, 0.25) is 12.1 Å². The van der Waals surface area contributed by atoms with Crippen molar-refractivity contribution in [3.63, 3.8) is 0 Å². The van der Waals surface area contributed by atoms with Crippen LogP contribution in [0.2, 0.25) is 0 Å². The number of nitrogens with zero attached hydrogens (tertiary/aromatic N) is 3. The molecule has 0 spiro atoms. The Bertz CT molecular complexity index is 705. The molecule has 0 aliphatic carbocycles. The van der Waals surface area contributed by atoms with Gasteiger partial charge in [-0.3, -0.25) is 14.3 Å². The smallest absolute Gasteiger partial charge is 0.356 e. The van der Waals surface area contributed by atoms with E-state index in [9.17, 15) is 19.5 Å². The number of ketones is 1. The average Bonchev–Trinajstić information content (AvgIpc) is 2.90. The Balaban J connectivity index is 2.17. The number of hydrogen-bond donors (Lipinski definition) is 1. The second kappa shape index (κ2) is 7.82. The first-order chi connectivity index (χ1) is 12.2. The highest BCUT2D eigenvalue weighted by molar-refractivity contribution is 5.98. The van der Waals surface area contributed by atoms with Crippen LogP contribution in [0.3, 0.4) is 0 Å². The van der Waals surface area contributed by atoms with Gasteiger partial charge in [0.1, 0.15) is 12.3 Å². The predicted octanol–water partition coefficient (Wildman–Crippen LogP) is 0.832. The van der Waals surface area contributed by atoms with Gasteiger partial charge in [-0.05, 0) is 18.9 Å². The lowest BCUT2D eigenvalue weighted by Crippen LogP contribution is -2.68. The second-order valence-corrected chi connectivity index (χ2v) is 6.80. The Hall–Kier alpha value is -2.48. The van der Waals surface area contributed by atoms with Gasteiger partial charge < -0.3 is 14.7 Å². The van der Waals surface area contributed by atoms with Crippen molar-refractivity contribution in [2.45, 2.75) is 39.5 Å². The Labute approximate surface area is 152 Å². The molecular weight excluding hydrogens is 338 g/mol. The molecule has 0 radical (unpaired) electrons. The fourth-order valence-electron chi connectivity index (χ4n) is 3.17. The number of carbonyl (C=O) groups excluding carboxylic acids is 3. The number of amides is 1.